The SMILES string of the molecule is CCCNc1cc(-c2ccnc(C)c2)nc(C)n1. The number of aromatic nitrogens is 3. The van der Waals surface area contributed by atoms with Crippen LogP contribution in [-0.2, 0) is 0 Å². The van der Waals surface area contributed by atoms with E-state index in [4.69, 9.17) is 0 Å². The third kappa shape index (κ3) is 3.03. The molecule has 0 saturated carbocycles. The summed E-state index contributed by atoms with van der Waals surface area (Å²) in [5.41, 5.74) is 3.01. The van der Waals surface area contributed by atoms with Crippen molar-refractivity contribution < 1.29 is 0 Å². The second kappa shape index (κ2) is 5.58. The molecule has 0 spiro atoms. The molecule has 2 heterocycles. The van der Waals surface area contributed by atoms with E-state index in [1.165, 1.54) is 0 Å². The molecule has 0 bridgehead atoms. The first-order chi connectivity index (χ1) is 8.69. The first-order valence-corrected chi connectivity index (χ1v) is 6.21. The van der Waals surface area contributed by atoms with Crippen LogP contribution in [0.15, 0.2) is 24.4 Å². The van der Waals surface area contributed by atoms with E-state index >= 15 is 0 Å². The van der Waals surface area contributed by atoms with Crippen LogP contribution in [0.2, 0.25) is 0 Å². The number of nitrogens with one attached hydrogen (secondary N) is 1. The number of rotatable bonds is 4. The van der Waals surface area contributed by atoms with Crippen LogP contribution in [0.1, 0.15) is 24.9 Å². The molecule has 0 aliphatic carbocycles. The fourth-order valence-electron chi connectivity index (χ4n) is 1.76. The van der Waals surface area contributed by atoms with Gasteiger partial charge in [-0.05, 0) is 32.4 Å². The van der Waals surface area contributed by atoms with E-state index in [9.17, 15) is 0 Å². The molecule has 0 aliphatic heterocycles. The van der Waals surface area contributed by atoms with E-state index in [2.05, 4.69) is 27.2 Å². The number of hydrogen-bond acceptors (Lipinski definition) is 4. The molecule has 0 saturated heterocycles. The first-order valence-electron chi connectivity index (χ1n) is 6.21. The second-order valence-electron chi connectivity index (χ2n) is 4.30. The maximum atomic E-state index is 4.47. The molecular formula is C14H18N4. The van der Waals surface area contributed by atoms with Crippen LogP contribution in [0.5, 0.6) is 0 Å². The van der Waals surface area contributed by atoms with Gasteiger partial charge in [-0.2, -0.15) is 0 Å². The molecule has 0 amide bonds. The van der Waals surface area contributed by atoms with Gasteiger partial charge < -0.3 is 5.32 Å². The Labute approximate surface area is 108 Å². The van der Waals surface area contributed by atoms with Gasteiger partial charge in [-0.1, -0.05) is 6.92 Å². The highest BCUT2D eigenvalue weighted by Gasteiger charge is 2.04. The van der Waals surface area contributed by atoms with Crippen molar-refractivity contribution in [3.05, 3.63) is 35.9 Å². The zero-order valence-corrected chi connectivity index (χ0v) is 11.1. The number of anilines is 1. The maximum absolute atomic E-state index is 4.47. The minimum Gasteiger partial charge on any atom is -0.370 e. The summed E-state index contributed by atoms with van der Waals surface area (Å²) in [6.07, 6.45) is 2.88. The van der Waals surface area contributed by atoms with Crippen LogP contribution in [0.3, 0.4) is 0 Å². The molecular weight excluding hydrogens is 224 g/mol. The van der Waals surface area contributed by atoms with E-state index < -0.39 is 0 Å². The molecule has 4 heteroatoms. The lowest BCUT2D eigenvalue weighted by atomic mass is 10.1. The summed E-state index contributed by atoms with van der Waals surface area (Å²) in [4.78, 5) is 13.1. The molecule has 18 heavy (non-hydrogen) atoms. The first kappa shape index (κ1) is 12.5. The number of hydrogen-bond donors (Lipinski definition) is 1. The fraction of sp³-hybridized carbons (Fsp3) is 0.357. The standard InChI is InChI=1S/C14H18N4/c1-4-6-16-14-9-13(17-11(3)18-14)12-5-7-15-10(2)8-12/h5,7-9H,4,6H2,1-3H3,(H,16,17,18). The number of nitrogens with zero attached hydrogens (tertiary/aromatic N) is 3. The quantitative estimate of drug-likeness (QED) is 0.895. The summed E-state index contributed by atoms with van der Waals surface area (Å²) in [6.45, 7) is 6.95. The van der Waals surface area contributed by atoms with Crippen LogP contribution >= 0.6 is 0 Å². The Balaban J connectivity index is 2.35. The minimum absolute atomic E-state index is 0.778. The Kier molecular flexibility index (Phi) is 3.87. The fourth-order valence-corrected chi connectivity index (χ4v) is 1.76. The summed E-state index contributed by atoms with van der Waals surface area (Å²) in [5.74, 6) is 1.66. The average molecular weight is 242 g/mol. The highest BCUT2D eigenvalue weighted by molar-refractivity contribution is 5.62. The lowest BCUT2D eigenvalue weighted by Gasteiger charge is -2.08. The molecule has 2 aromatic rings. The topological polar surface area (TPSA) is 50.7 Å². The zero-order chi connectivity index (χ0) is 13.0. The maximum Gasteiger partial charge on any atom is 0.130 e. The second-order valence-corrected chi connectivity index (χ2v) is 4.30. The van der Waals surface area contributed by atoms with Crippen molar-refractivity contribution in [2.45, 2.75) is 27.2 Å². The predicted molar refractivity (Wildman–Crippen MR) is 73.5 cm³/mol. The highest BCUT2D eigenvalue weighted by Crippen LogP contribution is 2.19. The third-order valence-corrected chi connectivity index (χ3v) is 2.59. The van der Waals surface area contributed by atoms with Gasteiger partial charge >= 0.3 is 0 Å². The molecule has 0 atom stereocenters. The van der Waals surface area contributed by atoms with Crippen LogP contribution < -0.4 is 5.32 Å². The van der Waals surface area contributed by atoms with Gasteiger partial charge in [-0.15, -0.1) is 0 Å². The largest absolute Gasteiger partial charge is 0.370 e. The van der Waals surface area contributed by atoms with E-state index in [1.54, 1.807) is 6.20 Å². The van der Waals surface area contributed by atoms with E-state index in [0.717, 1.165) is 41.6 Å². The molecule has 2 rings (SSSR count). The highest BCUT2D eigenvalue weighted by atomic mass is 15.0. The third-order valence-electron chi connectivity index (χ3n) is 2.59. The van der Waals surface area contributed by atoms with E-state index in [0.29, 0.717) is 0 Å². The minimum atomic E-state index is 0.778. The molecule has 1 N–H and O–H groups in total. The van der Waals surface area contributed by atoms with Crippen LogP contribution in [0, 0.1) is 13.8 Å². The Bertz CT molecular complexity index is 537. The van der Waals surface area contributed by atoms with Gasteiger partial charge in [0, 0.05) is 30.1 Å². The molecule has 0 aliphatic rings. The van der Waals surface area contributed by atoms with Crippen molar-refractivity contribution in [2.24, 2.45) is 0 Å². The van der Waals surface area contributed by atoms with Gasteiger partial charge in [0.05, 0.1) is 5.69 Å². The summed E-state index contributed by atoms with van der Waals surface area (Å²) < 4.78 is 0. The van der Waals surface area contributed by atoms with Gasteiger partial charge in [0.1, 0.15) is 11.6 Å². The van der Waals surface area contributed by atoms with Gasteiger partial charge in [0.2, 0.25) is 0 Å². The van der Waals surface area contributed by atoms with Gasteiger partial charge in [0.15, 0.2) is 0 Å². The predicted octanol–water partition coefficient (Wildman–Crippen LogP) is 2.98. The van der Waals surface area contributed by atoms with E-state index in [1.807, 2.05) is 32.0 Å². The van der Waals surface area contributed by atoms with Crippen molar-refractivity contribution in [3.63, 3.8) is 0 Å². The van der Waals surface area contributed by atoms with Crippen molar-refractivity contribution in [3.8, 4) is 11.3 Å². The van der Waals surface area contributed by atoms with Gasteiger partial charge in [0.25, 0.3) is 0 Å². The summed E-state index contributed by atoms with van der Waals surface area (Å²) >= 11 is 0. The summed E-state index contributed by atoms with van der Waals surface area (Å²) in [7, 11) is 0. The van der Waals surface area contributed by atoms with Crippen molar-refractivity contribution in [1.29, 1.82) is 0 Å². The molecule has 94 valence electrons. The number of pyridine rings is 1. The molecule has 0 radical (unpaired) electrons. The summed E-state index contributed by atoms with van der Waals surface area (Å²) in [6, 6.07) is 5.99. The Morgan fingerprint density at radius 2 is 2.00 bits per heavy atom. The van der Waals surface area contributed by atoms with Crippen molar-refractivity contribution >= 4 is 5.82 Å². The smallest absolute Gasteiger partial charge is 0.130 e. The monoisotopic (exact) mass is 242 g/mol. The van der Waals surface area contributed by atoms with Crippen molar-refractivity contribution in [2.75, 3.05) is 11.9 Å². The van der Waals surface area contributed by atoms with Crippen LogP contribution in [0.4, 0.5) is 5.82 Å². The lowest BCUT2D eigenvalue weighted by molar-refractivity contribution is 0.955. The van der Waals surface area contributed by atoms with Crippen LogP contribution in [-0.4, -0.2) is 21.5 Å². The van der Waals surface area contributed by atoms with Crippen LogP contribution in [0.25, 0.3) is 11.3 Å². The number of aryl methyl sites for hydroxylation is 2. The molecule has 0 fully saturated rings. The Morgan fingerprint density at radius 3 is 2.72 bits per heavy atom. The van der Waals surface area contributed by atoms with Crippen molar-refractivity contribution in [1.82, 2.24) is 15.0 Å². The molecule has 0 unspecified atom stereocenters. The van der Waals surface area contributed by atoms with E-state index in [-0.39, 0.29) is 0 Å². The lowest BCUT2D eigenvalue weighted by Crippen LogP contribution is -2.04. The average Bonchev–Trinajstić information content (AvgIpc) is 2.36. The zero-order valence-electron chi connectivity index (χ0n) is 11.1. The molecule has 0 aromatic carbocycles. The summed E-state index contributed by atoms with van der Waals surface area (Å²) in [5, 5.41) is 3.29. The Morgan fingerprint density at radius 1 is 1.17 bits per heavy atom. The molecule has 2 aromatic heterocycles. The Hall–Kier alpha value is -1.97. The van der Waals surface area contributed by atoms with Gasteiger partial charge in [-0.3, -0.25) is 4.98 Å². The molecule has 4 nitrogen and oxygen atoms in total. The normalized spacial score (nSPS) is 10.4. The van der Waals surface area contributed by atoms with Gasteiger partial charge in [-0.25, -0.2) is 9.97 Å².